The van der Waals surface area contributed by atoms with Crippen molar-refractivity contribution in [2.75, 3.05) is 31.1 Å². The van der Waals surface area contributed by atoms with Gasteiger partial charge in [-0.25, -0.2) is 0 Å². The number of β-amino-alcohol motifs (C(OH)–C–C–N with tert-alkyl or cyclic N) is 1. The molecular weight excluding hydrogens is 635 g/mol. The first-order valence-corrected chi connectivity index (χ1v) is 20.7. The van der Waals surface area contributed by atoms with Gasteiger partial charge in [0.1, 0.15) is 6.10 Å². The molecule has 1 heterocycles. The Morgan fingerprint density at radius 3 is 2.22 bits per heavy atom. The number of hydrogen-bond donors (Lipinski definition) is 3. The van der Waals surface area contributed by atoms with E-state index in [1.54, 1.807) is 13.8 Å². The van der Waals surface area contributed by atoms with Crippen molar-refractivity contribution in [3.63, 3.8) is 0 Å². The number of carbonyl (C=O) groups excluding carboxylic acids is 2. The minimum atomic E-state index is -1.58. The molecule has 1 aliphatic heterocycles. The molecule has 6 rings (SSSR count). The van der Waals surface area contributed by atoms with Crippen molar-refractivity contribution < 1.29 is 29.6 Å². The highest BCUT2D eigenvalue weighted by atomic mass is 32.2. The smallest absolute Gasteiger partial charge is 0.306 e. The molecule has 49 heavy (non-hydrogen) atoms. The summed E-state index contributed by atoms with van der Waals surface area (Å²) in [7, 11) is 0. The van der Waals surface area contributed by atoms with Gasteiger partial charge >= 0.3 is 5.97 Å². The molecule has 9 unspecified atom stereocenters. The molecule has 3 N–H and O–H groups in total. The number of allylic oxidation sites excluding steroid dienone is 1. The van der Waals surface area contributed by atoms with Gasteiger partial charge in [-0.05, 0) is 96.9 Å². The summed E-state index contributed by atoms with van der Waals surface area (Å²) >= 11 is 2.00. The zero-order valence-electron chi connectivity index (χ0n) is 32.1. The SMILES string of the molecule is CC(C)C1=C2C3CCC4C5(C)CCC(OC(=O)CC(C)(C)C(O)O)C(C)(C)C5CCC4(C)C3(C)CCC2(C(O)CN2CCSCC2)CC1=O. The molecule has 1 saturated heterocycles. The van der Waals surface area contributed by atoms with Crippen LogP contribution in [0.4, 0.5) is 0 Å². The van der Waals surface area contributed by atoms with Crippen LogP contribution in [0.25, 0.3) is 0 Å². The molecule has 8 heteroatoms. The van der Waals surface area contributed by atoms with Crippen molar-refractivity contribution in [2.24, 2.45) is 56.2 Å². The van der Waals surface area contributed by atoms with Crippen LogP contribution in [0.15, 0.2) is 11.1 Å². The normalized spacial score (nSPS) is 41.6. The third kappa shape index (κ3) is 5.83. The minimum Gasteiger partial charge on any atom is -0.462 e. The van der Waals surface area contributed by atoms with E-state index in [1.807, 2.05) is 11.8 Å². The van der Waals surface area contributed by atoms with E-state index in [9.17, 15) is 24.9 Å². The van der Waals surface area contributed by atoms with Gasteiger partial charge in [-0.3, -0.25) is 14.5 Å². The van der Waals surface area contributed by atoms with Crippen LogP contribution >= 0.6 is 11.8 Å². The number of esters is 1. The molecule has 4 saturated carbocycles. The van der Waals surface area contributed by atoms with Crippen molar-refractivity contribution in [3.8, 4) is 0 Å². The molecule has 0 bridgehead atoms. The molecular formula is C41H67NO6S. The molecule has 0 aromatic carbocycles. The van der Waals surface area contributed by atoms with Crippen molar-refractivity contribution in [2.45, 2.75) is 145 Å². The fourth-order valence-electron chi connectivity index (χ4n) is 13.1. The van der Waals surface area contributed by atoms with Crippen LogP contribution in [0.2, 0.25) is 0 Å². The standard InChI is InChI=1S/C41H67NO6S/c1-25(2)33-27(43)22-41(30(44)24-42-18-20-49-21-19-42)17-16-39(8)26(34(33)41)10-11-29-38(7)14-13-31(48-32(45)23-36(3,4)35(46)47)37(5,6)28(38)12-15-40(29,39)9/h25-26,28-31,35,44,46-47H,10-24H2,1-9H3. The first-order valence-electron chi connectivity index (χ1n) is 19.6. The summed E-state index contributed by atoms with van der Waals surface area (Å²) in [6.45, 7) is 22.8. The predicted molar refractivity (Wildman–Crippen MR) is 196 cm³/mol. The summed E-state index contributed by atoms with van der Waals surface area (Å²) < 4.78 is 6.21. The van der Waals surface area contributed by atoms with Gasteiger partial charge in [0.15, 0.2) is 12.1 Å². The van der Waals surface area contributed by atoms with Gasteiger partial charge in [-0.2, -0.15) is 11.8 Å². The van der Waals surface area contributed by atoms with Crippen LogP contribution in [-0.4, -0.2) is 81.6 Å². The number of ether oxygens (including phenoxy) is 1. The van der Waals surface area contributed by atoms with E-state index >= 15 is 0 Å². The Balaban J connectivity index is 1.28. The van der Waals surface area contributed by atoms with E-state index in [2.05, 4.69) is 53.4 Å². The highest BCUT2D eigenvalue weighted by Gasteiger charge is 2.70. The lowest BCUT2D eigenvalue weighted by atomic mass is 9.33. The van der Waals surface area contributed by atoms with E-state index in [0.29, 0.717) is 30.7 Å². The van der Waals surface area contributed by atoms with Gasteiger partial charge in [0, 0.05) is 53.8 Å². The largest absolute Gasteiger partial charge is 0.462 e. The summed E-state index contributed by atoms with van der Waals surface area (Å²) in [6, 6.07) is 0. The number of fused-ring (bicyclic) bond motifs is 7. The molecule has 0 aromatic rings. The number of hydrogen-bond acceptors (Lipinski definition) is 8. The molecule has 278 valence electrons. The van der Waals surface area contributed by atoms with E-state index in [4.69, 9.17) is 4.74 Å². The van der Waals surface area contributed by atoms with E-state index < -0.39 is 23.2 Å². The topological polar surface area (TPSA) is 107 Å². The third-order valence-electron chi connectivity index (χ3n) is 16.2. The summed E-state index contributed by atoms with van der Waals surface area (Å²) in [5.74, 6) is 3.59. The monoisotopic (exact) mass is 701 g/mol. The fourth-order valence-corrected chi connectivity index (χ4v) is 14.1. The lowest BCUT2D eigenvalue weighted by Crippen LogP contribution is -2.66. The average molecular weight is 702 g/mol. The molecule has 7 nitrogen and oxygen atoms in total. The lowest BCUT2D eigenvalue weighted by Gasteiger charge is -2.72. The van der Waals surface area contributed by atoms with Gasteiger partial charge in [0.05, 0.1) is 12.5 Å². The molecule has 0 amide bonds. The van der Waals surface area contributed by atoms with Crippen LogP contribution in [0.5, 0.6) is 0 Å². The van der Waals surface area contributed by atoms with Crippen molar-refractivity contribution in [1.82, 2.24) is 4.90 Å². The van der Waals surface area contributed by atoms with Crippen LogP contribution < -0.4 is 0 Å². The first kappa shape index (κ1) is 37.8. The number of aliphatic hydroxyl groups excluding tert-OH is 2. The maximum absolute atomic E-state index is 14.0. The number of Topliss-reactive ketones (excluding diaryl/α,β-unsaturated/α-hetero) is 1. The van der Waals surface area contributed by atoms with Crippen LogP contribution in [0.3, 0.4) is 0 Å². The zero-order valence-corrected chi connectivity index (χ0v) is 32.9. The maximum atomic E-state index is 14.0. The maximum Gasteiger partial charge on any atom is 0.306 e. The fraction of sp³-hybridized carbons (Fsp3) is 0.902. The first-order chi connectivity index (χ1) is 22.7. The Morgan fingerprint density at radius 1 is 0.918 bits per heavy atom. The van der Waals surface area contributed by atoms with Crippen LogP contribution in [0.1, 0.15) is 127 Å². The van der Waals surface area contributed by atoms with Crippen molar-refractivity contribution in [1.29, 1.82) is 0 Å². The van der Waals surface area contributed by atoms with Gasteiger partial charge < -0.3 is 20.1 Å². The van der Waals surface area contributed by atoms with Gasteiger partial charge in [-0.15, -0.1) is 0 Å². The van der Waals surface area contributed by atoms with Gasteiger partial charge in [0.25, 0.3) is 0 Å². The zero-order chi connectivity index (χ0) is 35.9. The minimum absolute atomic E-state index is 0.0242. The Hall–Kier alpha value is -0.930. The van der Waals surface area contributed by atoms with E-state index in [1.165, 1.54) is 5.57 Å². The summed E-state index contributed by atoms with van der Waals surface area (Å²) in [5.41, 5.74) is 1.07. The molecule has 9 atom stereocenters. The van der Waals surface area contributed by atoms with E-state index in [-0.39, 0.29) is 51.9 Å². The Morgan fingerprint density at radius 2 is 1.59 bits per heavy atom. The molecule has 0 radical (unpaired) electrons. The quantitative estimate of drug-likeness (QED) is 0.183. The van der Waals surface area contributed by atoms with Gasteiger partial charge in [0.2, 0.25) is 0 Å². The number of rotatable bonds is 8. The molecule has 5 fully saturated rings. The van der Waals surface area contributed by atoms with Crippen molar-refractivity contribution in [3.05, 3.63) is 11.1 Å². The van der Waals surface area contributed by atoms with Crippen LogP contribution in [-0.2, 0) is 14.3 Å². The summed E-state index contributed by atoms with van der Waals surface area (Å²) in [6.07, 6.45) is 6.37. The molecule has 5 aliphatic carbocycles. The average Bonchev–Trinajstić information content (AvgIpc) is 3.32. The Bertz CT molecular complexity index is 1330. The summed E-state index contributed by atoms with van der Waals surface area (Å²) in [4.78, 5) is 29.6. The highest BCUT2D eigenvalue weighted by molar-refractivity contribution is 7.99. The number of ketones is 1. The second kappa shape index (κ2) is 12.9. The number of thioether (sulfide) groups is 1. The molecule has 6 aliphatic rings. The number of carbonyl (C=O) groups is 2. The number of aliphatic hydroxyl groups is 3. The highest BCUT2D eigenvalue weighted by Crippen LogP contribution is 2.77. The predicted octanol–water partition coefficient (Wildman–Crippen LogP) is 7.02. The Labute approximate surface area is 300 Å². The molecule has 0 spiro atoms. The second-order valence-corrected chi connectivity index (χ2v) is 20.9. The van der Waals surface area contributed by atoms with Crippen LogP contribution in [0, 0.1) is 56.2 Å². The molecule has 0 aromatic heterocycles. The van der Waals surface area contributed by atoms with E-state index in [0.717, 1.165) is 81.5 Å². The lowest BCUT2D eigenvalue weighted by molar-refractivity contribution is -0.236. The Kier molecular flexibility index (Phi) is 9.94. The van der Waals surface area contributed by atoms with Gasteiger partial charge in [-0.1, -0.05) is 67.9 Å². The van der Waals surface area contributed by atoms with Crippen molar-refractivity contribution >= 4 is 23.5 Å². The summed E-state index contributed by atoms with van der Waals surface area (Å²) in [5, 5.41) is 31.8. The second-order valence-electron chi connectivity index (χ2n) is 19.7. The third-order valence-corrected chi connectivity index (χ3v) is 17.1. The number of nitrogens with zero attached hydrogens (tertiary/aromatic N) is 1.